The Hall–Kier alpha value is -3.35. The van der Waals surface area contributed by atoms with Crippen molar-refractivity contribution < 1.29 is 14.7 Å². The number of anilines is 1. The molecule has 0 spiro atoms. The maximum Gasteiger partial charge on any atom is 0.270 e. The molecule has 3 N–H and O–H groups in total. The van der Waals surface area contributed by atoms with E-state index in [9.17, 15) is 14.7 Å². The van der Waals surface area contributed by atoms with Crippen molar-refractivity contribution in [3.8, 4) is 5.75 Å². The maximum atomic E-state index is 12.5. The lowest BCUT2D eigenvalue weighted by Crippen LogP contribution is -2.26. The van der Waals surface area contributed by atoms with Gasteiger partial charge in [-0.15, -0.1) is 0 Å². The Kier molecular flexibility index (Phi) is 6.26. The molecule has 0 atom stereocenters. The molecule has 0 aliphatic heterocycles. The standard InChI is InChI=1S/C21H24N4O3/c1-15-20(25-13-6-4-10-18(25)23-15)21(28)22-12-5-2-3-11-19(27)24-16-8-7-9-17(26)14-16/h4,6-10,13-14,26H,2-3,5,11-12H2,1H3,(H,22,28)(H,24,27). The van der Waals surface area contributed by atoms with E-state index in [0.29, 0.717) is 30.0 Å². The zero-order chi connectivity index (χ0) is 19.9. The summed E-state index contributed by atoms with van der Waals surface area (Å²) in [5.74, 6) is -0.108. The molecule has 3 rings (SSSR count). The summed E-state index contributed by atoms with van der Waals surface area (Å²) in [6, 6.07) is 12.1. The van der Waals surface area contributed by atoms with Crippen molar-refractivity contribution in [1.29, 1.82) is 0 Å². The summed E-state index contributed by atoms with van der Waals surface area (Å²) < 4.78 is 1.79. The first-order chi connectivity index (χ1) is 13.5. The van der Waals surface area contributed by atoms with Gasteiger partial charge in [0, 0.05) is 30.9 Å². The van der Waals surface area contributed by atoms with Gasteiger partial charge in [0.2, 0.25) is 5.91 Å². The minimum Gasteiger partial charge on any atom is -0.508 e. The molecule has 0 saturated carbocycles. The molecule has 0 fully saturated rings. The number of hydrogen-bond donors (Lipinski definition) is 3. The highest BCUT2D eigenvalue weighted by atomic mass is 16.3. The monoisotopic (exact) mass is 380 g/mol. The van der Waals surface area contributed by atoms with Gasteiger partial charge in [-0.05, 0) is 44.0 Å². The fraction of sp³-hybridized carbons (Fsp3) is 0.286. The molecular formula is C21H24N4O3. The van der Waals surface area contributed by atoms with Crippen molar-refractivity contribution in [2.24, 2.45) is 0 Å². The molecule has 2 aromatic heterocycles. The van der Waals surface area contributed by atoms with E-state index in [-0.39, 0.29) is 17.6 Å². The third-order valence-corrected chi connectivity index (χ3v) is 4.42. The van der Waals surface area contributed by atoms with E-state index < -0.39 is 0 Å². The summed E-state index contributed by atoms with van der Waals surface area (Å²) in [6.45, 7) is 2.37. The van der Waals surface area contributed by atoms with Crippen LogP contribution in [0, 0.1) is 6.92 Å². The van der Waals surface area contributed by atoms with Crippen molar-refractivity contribution >= 4 is 23.1 Å². The minimum atomic E-state index is -0.141. The summed E-state index contributed by atoms with van der Waals surface area (Å²) in [7, 11) is 0. The van der Waals surface area contributed by atoms with Crippen LogP contribution in [0.5, 0.6) is 5.75 Å². The van der Waals surface area contributed by atoms with E-state index in [4.69, 9.17) is 0 Å². The largest absolute Gasteiger partial charge is 0.508 e. The van der Waals surface area contributed by atoms with Crippen LogP contribution in [0.4, 0.5) is 5.69 Å². The number of nitrogens with one attached hydrogen (secondary N) is 2. The SMILES string of the molecule is Cc1nc2ccccn2c1C(=O)NCCCCCC(=O)Nc1cccc(O)c1. The zero-order valence-electron chi connectivity index (χ0n) is 15.8. The molecule has 0 saturated heterocycles. The van der Waals surface area contributed by atoms with E-state index in [1.54, 1.807) is 22.6 Å². The first-order valence-corrected chi connectivity index (χ1v) is 9.35. The van der Waals surface area contributed by atoms with Crippen LogP contribution in [0.3, 0.4) is 0 Å². The fourth-order valence-corrected chi connectivity index (χ4v) is 3.07. The van der Waals surface area contributed by atoms with E-state index in [2.05, 4.69) is 15.6 Å². The average Bonchev–Trinajstić information content (AvgIpc) is 3.00. The molecule has 0 radical (unpaired) electrons. The van der Waals surface area contributed by atoms with Crippen LogP contribution in [0.25, 0.3) is 5.65 Å². The molecule has 2 heterocycles. The summed E-state index contributed by atoms with van der Waals surface area (Å²) in [6.07, 6.45) is 4.58. The Labute approximate surface area is 163 Å². The quantitative estimate of drug-likeness (QED) is 0.523. The number of phenolic OH excluding ortho intramolecular Hbond substituents is 1. The molecule has 146 valence electrons. The Morgan fingerprint density at radius 2 is 1.96 bits per heavy atom. The van der Waals surface area contributed by atoms with Crippen LogP contribution in [-0.2, 0) is 4.79 Å². The van der Waals surface area contributed by atoms with Crippen molar-refractivity contribution in [3.05, 3.63) is 60.0 Å². The number of carbonyl (C=O) groups is 2. The zero-order valence-corrected chi connectivity index (χ0v) is 15.8. The van der Waals surface area contributed by atoms with Crippen molar-refractivity contribution in [2.45, 2.75) is 32.6 Å². The number of hydrogen-bond acceptors (Lipinski definition) is 4. The molecule has 1 aromatic carbocycles. The van der Waals surface area contributed by atoms with Gasteiger partial charge in [-0.3, -0.25) is 14.0 Å². The smallest absolute Gasteiger partial charge is 0.270 e. The second kappa shape index (κ2) is 9.03. The molecule has 28 heavy (non-hydrogen) atoms. The number of fused-ring (bicyclic) bond motifs is 1. The highest BCUT2D eigenvalue weighted by Crippen LogP contribution is 2.16. The number of benzene rings is 1. The van der Waals surface area contributed by atoms with Gasteiger partial charge in [-0.25, -0.2) is 4.98 Å². The normalized spacial score (nSPS) is 10.8. The van der Waals surface area contributed by atoms with Crippen LogP contribution in [0.2, 0.25) is 0 Å². The van der Waals surface area contributed by atoms with Gasteiger partial charge in [0.15, 0.2) is 0 Å². The second-order valence-electron chi connectivity index (χ2n) is 6.64. The van der Waals surface area contributed by atoms with Gasteiger partial charge in [0.1, 0.15) is 17.1 Å². The van der Waals surface area contributed by atoms with Crippen molar-refractivity contribution in [2.75, 3.05) is 11.9 Å². The van der Waals surface area contributed by atoms with Crippen LogP contribution in [0.15, 0.2) is 48.7 Å². The van der Waals surface area contributed by atoms with Gasteiger partial charge in [-0.1, -0.05) is 18.6 Å². The minimum absolute atomic E-state index is 0.0870. The Balaban J connectivity index is 1.37. The summed E-state index contributed by atoms with van der Waals surface area (Å²) in [4.78, 5) is 28.8. The third-order valence-electron chi connectivity index (χ3n) is 4.42. The van der Waals surface area contributed by atoms with Crippen molar-refractivity contribution in [1.82, 2.24) is 14.7 Å². The van der Waals surface area contributed by atoms with Gasteiger partial charge in [0.05, 0.1) is 5.69 Å². The molecular weight excluding hydrogens is 356 g/mol. The number of aryl methyl sites for hydroxylation is 1. The second-order valence-corrected chi connectivity index (χ2v) is 6.64. The molecule has 3 aromatic rings. The summed E-state index contributed by atoms with van der Waals surface area (Å²) in [5, 5.41) is 15.1. The molecule has 0 aliphatic carbocycles. The summed E-state index contributed by atoms with van der Waals surface area (Å²) in [5.41, 5.74) is 2.59. The number of aromatic hydroxyl groups is 1. The molecule has 0 aliphatic rings. The number of carbonyl (C=O) groups excluding carboxylic acids is 2. The topological polar surface area (TPSA) is 95.7 Å². The van der Waals surface area contributed by atoms with Crippen LogP contribution in [-0.4, -0.2) is 32.9 Å². The molecule has 7 nitrogen and oxygen atoms in total. The molecule has 0 unspecified atom stereocenters. The highest BCUT2D eigenvalue weighted by molar-refractivity contribution is 5.94. The number of nitrogens with zero attached hydrogens (tertiary/aromatic N) is 2. The molecule has 0 bridgehead atoms. The third kappa shape index (κ3) is 4.88. The van der Waals surface area contributed by atoms with Crippen molar-refractivity contribution in [3.63, 3.8) is 0 Å². The van der Waals surface area contributed by atoms with Gasteiger partial charge >= 0.3 is 0 Å². The van der Waals surface area contributed by atoms with Gasteiger partial charge in [-0.2, -0.15) is 0 Å². The lowest BCUT2D eigenvalue weighted by Gasteiger charge is -2.07. The number of aromatic nitrogens is 2. The lowest BCUT2D eigenvalue weighted by molar-refractivity contribution is -0.116. The predicted octanol–water partition coefficient (Wildman–Crippen LogP) is 3.28. The van der Waals surface area contributed by atoms with E-state index in [0.717, 1.165) is 24.9 Å². The average molecular weight is 380 g/mol. The first-order valence-electron chi connectivity index (χ1n) is 9.35. The van der Waals surface area contributed by atoms with Gasteiger partial charge < -0.3 is 15.7 Å². The van der Waals surface area contributed by atoms with E-state index >= 15 is 0 Å². The Morgan fingerprint density at radius 1 is 1.11 bits per heavy atom. The Bertz CT molecular complexity index is 981. The van der Waals surface area contributed by atoms with Gasteiger partial charge in [0.25, 0.3) is 5.91 Å². The fourth-order valence-electron chi connectivity index (χ4n) is 3.07. The van der Waals surface area contributed by atoms with E-state index in [1.165, 1.54) is 6.07 Å². The maximum absolute atomic E-state index is 12.5. The number of phenols is 1. The predicted molar refractivity (Wildman–Crippen MR) is 107 cm³/mol. The highest BCUT2D eigenvalue weighted by Gasteiger charge is 2.15. The number of amides is 2. The molecule has 2 amide bonds. The van der Waals surface area contributed by atoms with E-state index in [1.807, 2.05) is 31.3 Å². The lowest BCUT2D eigenvalue weighted by atomic mass is 10.2. The first kappa shape index (κ1) is 19.4. The summed E-state index contributed by atoms with van der Waals surface area (Å²) >= 11 is 0. The van der Waals surface area contributed by atoms with Crippen LogP contribution in [0.1, 0.15) is 41.9 Å². The number of pyridine rings is 1. The van der Waals surface area contributed by atoms with Crippen LogP contribution >= 0.6 is 0 Å². The number of rotatable bonds is 8. The molecule has 7 heteroatoms. The van der Waals surface area contributed by atoms with Crippen LogP contribution < -0.4 is 10.6 Å². The Morgan fingerprint density at radius 3 is 2.79 bits per heavy atom. The number of unbranched alkanes of at least 4 members (excludes halogenated alkanes) is 2. The number of imidazole rings is 1.